The van der Waals surface area contributed by atoms with Gasteiger partial charge in [-0.15, -0.1) is 12.3 Å². The van der Waals surface area contributed by atoms with E-state index in [2.05, 4.69) is 0 Å². The Morgan fingerprint density at radius 2 is 1.25 bits per heavy atom. The van der Waals surface area contributed by atoms with Crippen LogP contribution >= 0.6 is 12.3 Å². The van der Waals surface area contributed by atoms with Gasteiger partial charge in [-0.05, 0) is 0 Å². The van der Waals surface area contributed by atoms with Crippen molar-refractivity contribution in [2.75, 3.05) is 0 Å². The Morgan fingerprint density at radius 3 is 1.25 bits per heavy atom. The van der Waals surface area contributed by atoms with Crippen LogP contribution < -0.4 is 59.1 Å². The number of carbonyl (C=O) groups is 1. The van der Waals surface area contributed by atoms with Crippen molar-refractivity contribution >= 4 is 29.5 Å². The molecular weight excluding hydrogens is 234 g/mol. The Kier molecular flexibility index (Phi) is 56.0. The van der Waals surface area contributed by atoms with Crippen LogP contribution in [0.3, 0.4) is 0 Å². The molecule has 64 valence electrons. The summed E-state index contributed by atoms with van der Waals surface area (Å²) >= 11 is -0.500. The summed E-state index contributed by atoms with van der Waals surface area (Å²) in [5, 5.41) is 0. The monoisotopic (exact) mass is 238 g/mol. The zero-order valence-electron chi connectivity index (χ0n) is 6.46. The molecule has 0 unspecified atom stereocenters. The molecule has 0 atom stereocenters. The molecule has 0 fully saturated rings. The molecular formula is CH4Na2O7S2. The van der Waals surface area contributed by atoms with Gasteiger partial charge >= 0.3 is 59.1 Å². The molecule has 0 aromatic rings. The topological polar surface area (TPSA) is 138 Å². The number of rotatable bonds is 0. The average Bonchev–Trinajstić information content (AvgIpc) is 1.68. The molecule has 7 nitrogen and oxygen atoms in total. The van der Waals surface area contributed by atoms with Crippen molar-refractivity contribution in [3.8, 4) is 0 Å². The van der Waals surface area contributed by atoms with Crippen LogP contribution in [-0.2, 0) is 15.2 Å². The van der Waals surface area contributed by atoms with Gasteiger partial charge in [0.2, 0.25) is 10.4 Å². The van der Waals surface area contributed by atoms with Crippen LogP contribution in [0.5, 0.6) is 0 Å². The molecule has 0 bridgehead atoms. The molecule has 0 aliphatic rings. The van der Waals surface area contributed by atoms with Crippen LogP contribution in [0.15, 0.2) is 0 Å². The van der Waals surface area contributed by atoms with Gasteiger partial charge in [-0.1, -0.05) is 0 Å². The van der Waals surface area contributed by atoms with Crippen LogP contribution in [0, 0.1) is 0 Å². The zero-order valence-corrected chi connectivity index (χ0v) is 12.1. The standard InChI is InChI=1S/CH2O.2Na.H2O4S.H2O2S/c1-2;;;1-5(2,3)4;1-3-2/h1H2;;;(H2,1,2,3,4);1-2H/q;2*+1;;/p-2. The maximum absolute atomic E-state index is 8.63. The molecule has 0 aliphatic heterocycles. The third kappa shape index (κ3) is 421. The van der Waals surface area contributed by atoms with E-state index >= 15 is 0 Å². The molecule has 0 heterocycles. The van der Waals surface area contributed by atoms with Gasteiger partial charge in [0, 0.05) is 0 Å². The smallest absolute Gasteiger partial charge is 0.776 e. The fraction of sp³-hybridized carbons (Fsp3) is 0. The van der Waals surface area contributed by atoms with Gasteiger partial charge < -0.3 is 18.5 Å². The maximum Gasteiger partial charge on any atom is 1.00 e. The van der Waals surface area contributed by atoms with Crippen molar-refractivity contribution < 1.29 is 90.5 Å². The van der Waals surface area contributed by atoms with Crippen LogP contribution in [0.4, 0.5) is 0 Å². The molecule has 11 heteroatoms. The molecule has 2 N–H and O–H groups in total. The van der Waals surface area contributed by atoms with E-state index < -0.39 is 22.7 Å². The van der Waals surface area contributed by atoms with E-state index in [0.29, 0.717) is 0 Å². The number of hydrogen-bond acceptors (Lipinski definition) is 7. The molecule has 0 amide bonds. The van der Waals surface area contributed by atoms with Gasteiger partial charge in [-0.25, -0.2) is 8.42 Å². The summed E-state index contributed by atoms with van der Waals surface area (Å²) in [7, 11) is -4.92. The Labute approximate surface area is 119 Å². The predicted octanol–water partition coefficient (Wildman–Crippen LogP) is -6.85. The zero-order chi connectivity index (χ0) is 9.21. The summed E-state index contributed by atoms with van der Waals surface area (Å²) in [5.41, 5.74) is 0. The van der Waals surface area contributed by atoms with Crippen molar-refractivity contribution in [1.29, 1.82) is 0 Å². The van der Waals surface area contributed by atoms with Gasteiger partial charge in [-0.2, -0.15) is 0 Å². The largest absolute Gasteiger partial charge is 1.00 e. The number of carbonyl (C=O) groups excluding carboxylic acids is 1. The molecule has 0 spiro atoms. The molecule has 0 aromatic carbocycles. The summed E-state index contributed by atoms with van der Waals surface area (Å²) < 4.78 is 48.2. The summed E-state index contributed by atoms with van der Waals surface area (Å²) in [5.74, 6) is 0. The molecule has 0 aliphatic carbocycles. The molecule has 12 heavy (non-hydrogen) atoms. The second-order valence-corrected chi connectivity index (χ2v) is 1.51. The fourth-order valence-electron chi connectivity index (χ4n) is 0. The maximum atomic E-state index is 8.63. The van der Waals surface area contributed by atoms with Crippen molar-refractivity contribution in [2.45, 2.75) is 0 Å². The normalized spacial score (nSPS) is 6.67. The van der Waals surface area contributed by atoms with E-state index in [-0.39, 0.29) is 59.1 Å². The van der Waals surface area contributed by atoms with Crippen molar-refractivity contribution in [3.05, 3.63) is 0 Å². The molecule has 0 aromatic heterocycles. The summed E-state index contributed by atoms with van der Waals surface area (Å²) in [4.78, 5) is 8.00. The summed E-state index contributed by atoms with van der Waals surface area (Å²) in [6, 6.07) is 0. The van der Waals surface area contributed by atoms with E-state index in [1.54, 1.807) is 0 Å². The van der Waals surface area contributed by atoms with E-state index in [1.807, 2.05) is 6.79 Å². The second kappa shape index (κ2) is 23.0. The Balaban J connectivity index is -0.0000000209. The molecule has 0 rings (SSSR count). The van der Waals surface area contributed by atoms with Crippen molar-refractivity contribution in [3.63, 3.8) is 0 Å². The first-order valence-corrected chi connectivity index (χ1v) is 3.38. The van der Waals surface area contributed by atoms with Gasteiger partial charge in [-0.3, -0.25) is 4.55 Å². The van der Waals surface area contributed by atoms with Gasteiger partial charge in [0.25, 0.3) is 0 Å². The van der Waals surface area contributed by atoms with Crippen molar-refractivity contribution in [2.24, 2.45) is 0 Å². The second-order valence-electron chi connectivity index (χ2n) is 0.502. The van der Waals surface area contributed by atoms with Gasteiger partial charge in [0.15, 0.2) is 0 Å². The molecule has 0 saturated carbocycles. The van der Waals surface area contributed by atoms with E-state index in [1.165, 1.54) is 0 Å². The summed E-state index contributed by atoms with van der Waals surface area (Å²) in [6.07, 6.45) is 0. The third-order valence-corrected chi connectivity index (χ3v) is 0. The Morgan fingerprint density at radius 1 is 1.25 bits per heavy atom. The average molecular weight is 238 g/mol. The van der Waals surface area contributed by atoms with E-state index in [0.717, 1.165) is 0 Å². The van der Waals surface area contributed by atoms with Gasteiger partial charge in [0.1, 0.15) is 6.79 Å². The minimum atomic E-state index is -4.92. The molecule has 0 radical (unpaired) electrons. The molecule has 0 saturated heterocycles. The first-order chi connectivity index (χ1) is 4.41. The SMILES string of the molecule is C=O.O=S(=O)([O-])O.[Na+].[Na+].[O-]SO. The first kappa shape index (κ1) is 29.2. The quantitative estimate of drug-likeness (QED) is 0.184. The van der Waals surface area contributed by atoms with Crippen LogP contribution in [0.1, 0.15) is 0 Å². The Hall–Kier alpha value is 1.81. The number of hydrogen-bond donors (Lipinski definition) is 2. The van der Waals surface area contributed by atoms with Gasteiger partial charge in [0.05, 0.1) is 0 Å². The van der Waals surface area contributed by atoms with Crippen LogP contribution in [0.2, 0.25) is 0 Å². The van der Waals surface area contributed by atoms with Crippen molar-refractivity contribution in [1.82, 2.24) is 0 Å². The van der Waals surface area contributed by atoms with E-state index in [9.17, 15) is 0 Å². The third-order valence-electron chi connectivity index (χ3n) is 0. The van der Waals surface area contributed by atoms with Crippen LogP contribution in [0.25, 0.3) is 0 Å². The minimum absolute atomic E-state index is 0. The Bertz CT molecular complexity index is 124. The minimum Gasteiger partial charge on any atom is -0.776 e. The van der Waals surface area contributed by atoms with Crippen LogP contribution in [-0.4, -0.2) is 33.4 Å². The first-order valence-electron chi connectivity index (χ1n) is 1.32. The summed E-state index contributed by atoms with van der Waals surface area (Å²) in [6.45, 7) is 2.00. The predicted molar refractivity (Wildman–Crippen MR) is 30.4 cm³/mol. The van der Waals surface area contributed by atoms with E-state index in [4.69, 9.17) is 31.4 Å². The fourth-order valence-corrected chi connectivity index (χ4v) is 0.